The van der Waals surface area contributed by atoms with E-state index in [9.17, 15) is 14.9 Å². The molecule has 2 atom stereocenters. The van der Waals surface area contributed by atoms with Crippen LogP contribution in [0.4, 0.5) is 5.69 Å². The summed E-state index contributed by atoms with van der Waals surface area (Å²) in [5.74, 6) is 1.23. The lowest BCUT2D eigenvalue weighted by Gasteiger charge is -2.34. The number of amides is 1. The van der Waals surface area contributed by atoms with E-state index in [0.29, 0.717) is 17.7 Å². The quantitative estimate of drug-likeness (QED) is 0.493. The highest BCUT2D eigenvalue weighted by molar-refractivity contribution is 5.96. The first-order valence-electron chi connectivity index (χ1n) is 8.63. The van der Waals surface area contributed by atoms with Gasteiger partial charge in [-0.2, -0.15) is 0 Å². The second-order valence-electron chi connectivity index (χ2n) is 7.02. The topological polar surface area (TPSA) is 75.5 Å². The van der Waals surface area contributed by atoms with E-state index in [-0.39, 0.29) is 11.6 Å². The van der Waals surface area contributed by atoms with Crippen LogP contribution in [0.3, 0.4) is 0 Å². The lowest BCUT2D eigenvalue weighted by molar-refractivity contribution is -0.385. The molecule has 24 heavy (non-hydrogen) atoms. The second kappa shape index (κ2) is 8.24. The van der Waals surface area contributed by atoms with E-state index in [2.05, 4.69) is 24.1 Å². The van der Waals surface area contributed by atoms with Gasteiger partial charge in [-0.25, -0.2) is 0 Å². The molecule has 1 aliphatic rings. The highest BCUT2D eigenvalue weighted by Gasteiger charge is 2.21. The van der Waals surface area contributed by atoms with Crippen LogP contribution in [0.15, 0.2) is 18.2 Å². The summed E-state index contributed by atoms with van der Waals surface area (Å²) in [6, 6.07) is 4.60. The van der Waals surface area contributed by atoms with Crippen LogP contribution < -0.4 is 5.32 Å². The molecule has 6 nitrogen and oxygen atoms in total. The summed E-state index contributed by atoms with van der Waals surface area (Å²) in [5, 5.41) is 13.8. The zero-order valence-electron chi connectivity index (χ0n) is 14.7. The summed E-state index contributed by atoms with van der Waals surface area (Å²) in [7, 11) is 0. The summed E-state index contributed by atoms with van der Waals surface area (Å²) in [6.45, 7) is 10.0. The number of hydrogen-bond donors (Lipinski definition) is 1. The van der Waals surface area contributed by atoms with Crippen LogP contribution in [0.1, 0.15) is 42.6 Å². The van der Waals surface area contributed by atoms with E-state index in [4.69, 9.17) is 0 Å². The Balaban J connectivity index is 1.82. The predicted octanol–water partition coefficient (Wildman–Crippen LogP) is 3.00. The standard InChI is InChI=1S/C18H27N3O3/c1-13-10-14(2)12-20(11-13)9-5-8-19-18(22)16-6-4-7-17(15(16)3)21(23)24/h4,6-7,13-14H,5,8-12H2,1-3H3,(H,19,22)/t13-,14-/m0/s1. The fraction of sp³-hybridized carbons (Fsp3) is 0.611. The second-order valence-corrected chi connectivity index (χ2v) is 7.02. The minimum Gasteiger partial charge on any atom is -0.352 e. The molecular weight excluding hydrogens is 306 g/mol. The van der Waals surface area contributed by atoms with Crippen LogP contribution in [-0.2, 0) is 0 Å². The monoisotopic (exact) mass is 333 g/mol. The maximum Gasteiger partial charge on any atom is 0.273 e. The molecule has 0 saturated carbocycles. The molecule has 0 spiro atoms. The van der Waals surface area contributed by atoms with Gasteiger partial charge in [-0.1, -0.05) is 19.9 Å². The van der Waals surface area contributed by atoms with Crippen molar-refractivity contribution in [3.05, 3.63) is 39.4 Å². The number of nitro groups is 1. The number of benzene rings is 1. The fourth-order valence-electron chi connectivity index (χ4n) is 3.64. The van der Waals surface area contributed by atoms with Crippen molar-refractivity contribution in [3.8, 4) is 0 Å². The SMILES string of the molecule is Cc1c(C(=O)NCCCN2C[C@@H](C)C[C@H](C)C2)cccc1[N+](=O)[O-]. The zero-order valence-corrected chi connectivity index (χ0v) is 14.7. The summed E-state index contributed by atoms with van der Waals surface area (Å²) >= 11 is 0. The third kappa shape index (κ3) is 4.77. The Bertz CT molecular complexity index is 593. The number of hydrogen-bond acceptors (Lipinski definition) is 4. The normalized spacial score (nSPS) is 21.5. The Labute approximate surface area is 143 Å². The van der Waals surface area contributed by atoms with Crippen LogP contribution in [-0.4, -0.2) is 41.9 Å². The molecule has 0 unspecified atom stereocenters. The average Bonchev–Trinajstić information content (AvgIpc) is 2.50. The van der Waals surface area contributed by atoms with Crippen LogP contribution >= 0.6 is 0 Å². The van der Waals surface area contributed by atoms with Gasteiger partial charge in [0.2, 0.25) is 0 Å². The van der Waals surface area contributed by atoms with E-state index < -0.39 is 4.92 Å². The van der Waals surface area contributed by atoms with Crippen molar-refractivity contribution >= 4 is 11.6 Å². The largest absolute Gasteiger partial charge is 0.352 e. The van der Waals surface area contributed by atoms with E-state index >= 15 is 0 Å². The smallest absolute Gasteiger partial charge is 0.273 e. The highest BCUT2D eigenvalue weighted by Crippen LogP contribution is 2.22. The summed E-state index contributed by atoms with van der Waals surface area (Å²) in [6.07, 6.45) is 2.18. The van der Waals surface area contributed by atoms with E-state index in [0.717, 1.165) is 37.9 Å². The van der Waals surface area contributed by atoms with Crippen LogP contribution in [0.5, 0.6) is 0 Å². The van der Waals surface area contributed by atoms with Crippen LogP contribution in [0, 0.1) is 28.9 Å². The van der Waals surface area contributed by atoms with Gasteiger partial charge >= 0.3 is 0 Å². The molecule has 0 aromatic heterocycles. The first-order valence-corrected chi connectivity index (χ1v) is 8.63. The number of likely N-dealkylation sites (tertiary alicyclic amines) is 1. The Hall–Kier alpha value is -1.95. The summed E-state index contributed by atoms with van der Waals surface area (Å²) in [5.41, 5.74) is 0.780. The number of carbonyl (C=O) groups is 1. The summed E-state index contributed by atoms with van der Waals surface area (Å²) < 4.78 is 0. The third-order valence-corrected chi connectivity index (χ3v) is 4.63. The Morgan fingerprint density at radius 2 is 2.00 bits per heavy atom. The van der Waals surface area contributed by atoms with Gasteiger partial charge in [-0.05, 0) is 44.2 Å². The molecule has 1 aromatic carbocycles. The average molecular weight is 333 g/mol. The molecule has 0 bridgehead atoms. The number of piperidine rings is 1. The molecule has 0 radical (unpaired) electrons. The minimum atomic E-state index is -0.454. The molecule has 132 valence electrons. The highest BCUT2D eigenvalue weighted by atomic mass is 16.6. The molecule has 1 heterocycles. The van der Waals surface area contributed by atoms with Crippen molar-refractivity contribution in [3.63, 3.8) is 0 Å². The molecular formula is C18H27N3O3. The van der Waals surface area contributed by atoms with Gasteiger partial charge in [0, 0.05) is 36.8 Å². The van der Waals surface area contributed by atoms with E-state index in [1.807, 2.05) is 0 Å². The number of nitrogens with zero attached hydrogens (tertiary/aromatic N) is 2. The van der Waals surface area contributed by atoms with Crippen molar-refractivity contribution < 1.29 is 9.72 Å². The Morgan fingerprint density at radius 1 is 1.33 bits per heavy atom. The van der Waals surface area contributed by atoms with Gasteiger partial charge in [-0.15, -0.1) is 0 Å². The first kappa shape index (κ1) is 18.4. The number of rotatable bonds is 6. The number of nitrogens with one attached hydrogen (secondary N) is 1. The Morgan fingerprint density at radius 3 is 2.62 bits per heavy atom. The molecule has 1 N–H and O–H groups in total. The van der Waals surface area contributed by atoms with Gasteiger partial charge in [0.15, 0.2) is 0 Å². The molecule has 1 aromatic rings. The van der Waals surface area contributed by atoms with Crippen molar-refractivity contribution in [2.45, 2.75) is 33.6 Å². The molecule has 1 amide bonds. The maximum atomic E-state index is 12.2. The summed E-state index contributed by atoms with van der Waals surface area (Å²) in [4.78, 5) is 25.2. The van der Waals surface area contributed by atoms with Gasteiger partial charge < -0.3 is 10.2 Å². The molecule has 2 rings (SSSR count). The maximum absolute atomic E-state index is 12.2. The lowest BCUT2D eigenvalue weighted by atomic mass is 9.92. The molecule has 1 fully saturated rings. The minimum absolute atomic E-state index is 0.0149. The van der Waals surface area contributed by atoms with Gasteiger partial charge in [0.1, 0.15) is 0 Å². The van der Waals surface area contributed by atoms with Gasteiger partial charge in [0.05, 0.1) is 4.92 Å². The number of nitro benzene ring substituents is 1. The zero-order chi connectivity index (χ0) is 17.7. The Kier molecular flexibility index (Phi) is 6.31. The first-order chi connectivity index (χ1) is 11.4. The van der Waals surface area contributed by atoms with Crippen molar-refractivity contribution in [1.82, 2.24) is 10.2 Å². The lowest BCUT2D eigenvalue weighted by Crippen LogP contribution is -2.40. The predicted molar refractivity (Wildman–Crippen MR) is 94.2 cm³/mol. The molecule has 1 aliphatic heterocycles. The number of carbonyl (C=O) groups excluding carboxylic acids is 1. The molecule has 6 heteroatoms. The fourth-order valence-corrected chi connectivity index (χ4v) is 3.64. The van der Waals surface area contributed by atoms with Crippen LogP contribution in [0.25, 0.3) is 0 Å². The van der Waals surface area contributed by atoms with Crippen molar-refractivity contribution in [2.75, 3.05) is 26.2 Å². The molecule has 0 aliphatic carbocycles. The van der Waals surface area contributed by atoms with Gasteiger partial charge in [0.25, 0.3) is 11.6 Å². The van der Waals surface area contributed by atoms with E-state index in [1.165, 1.54) is 12.5 Å². The van der Waals surface area contributed by atoms with E-state index in [1.54, 1.807) is 19.1 Å². The van der Waals surface area contributed by atoms with Crippen molar-refractivity contribution in [2.24, 2.45) is 11.8 Å². The van der Waals surface area contributed by atoms with Crippen molar-refractivity contribution in [1.29, 1.82) is 0 Å². The van der Waals surface area contributed by atoms with Crippen LogP contribution in [0.2, 0.25) is 0 Å². The third-order valence-electron chi connectivity index (χ3n) is 4.63. The van der Waals surface area contributed by atoms with Gasteiger partial charge in [-0.3, -0.25) is 14.9 Å². The molecule has 1 saturated heterocycles.